The van der Waals surface area contributed by atoms with Gasteiger partial charge in [0, 0.05) is 17.1 Å². The SMILES string of the molecule is CCCCn1c(C2c3ccc(Br)cc32)c(OC(=O)OCC)cc(OC(=O)OCC)c1=O. The molecule has 3 rings (SSSR count). The predicted octanol–water partition coefficient (Wildman–Crippen LogP) is 4.98. The fourth-order valence-corrected chi connectivity index (χ4v) is 3.75. The van der Waals surface area contributed by atoms with Gasteiger partial charge in [0.15, 0.2) is 5.75 Å². The van der Waals surface area contributed by atoms with Crippen molar-refractivity contribution in [1.29, 1.82) is 0 Å². The van der Waals surface area contributed by atoms with E-state index in [1.165, 1.54) is 10.6 Å². The first-order valence-corrected chi connectivity index (χ1v) is 11.0. The third-order valence-electron chi connectivity index (χ3n) is 4.77. The van der Waals surface area contributed by atoms with Crippen LogP contribution in [0.2, 0.25) is 0 Å². The number of nitrogens with zero attached hydrogens (tertiary/aromatic N) is 1. The number of carbonyl (C=O) groups is 2. The summed E-state index contributed by atoms with van der Waals surface area (Å²) in [5.74, 6) is -0.383. The molecule has 8 nitrogen and oxygen atoms in total. The zero-order valence-electron chi connectivity index (χ0n) is 17.6. The molecule has 166 valence electrons. The Bertz CT molecular complexity index is 1050. The number of pyridine rings is 1. The van der Waals surface area contributed by atoms with Gasteiger partial charge in [0.2, 0.25) is 5.75 Å². The van der Waals surface area contributed by atoms with Gasteiger partial charge >= 0.3 is 12.3 Å². The smallest absolute Gasteiger partial charge is 0.434 e. The lowest BCUT2D eigenvalue weighted by molar-refractivity contribution is 0.101. The van der Waals surface area contributed by atoms with Gasteiger partial charge in [-0.05, 0) is 43.5 Å². The van der Waals surface area contributed by atoms with Crippen molar-refractivity contribution in [3.05, 3.63) is 55.9 Å². The maximum absolute atomic E-state index is 13.2. The second-order valence-electron chi connectivity index (χ2n) is 6.84. The van der Waals surface area contributed by atoms with Gasteiger partial charge < -0.3 is 23.5 Å². The monoisotopic (exact) mass is 493 g/mol. The molecule has 0 saturated heterocycles. The van der Waals surface area contributed by atoms with Gasteiger partial charge in [-0.3, -0.25) is 4.79 Å². The van der Waals surface area contributed by atoms with Crippen LogP contribution in [0.1, 0.15) is 56.4 Å². The number of carbonyl (C=O) groups excluding carboxylic acids is 2. The van der Waals surface area contributed by atoms with Crippen molar-refractivity contribution in [3.63, 3.8) is 0 Å². The molecule has 9 heteroatoms. The third kappa shape index (κ3) is 5.10. The molecule has 31 heavy (non-hydrogen) atoms. The molecule has 0 radical (unpaired) electrons. The Hall–Kier alpha value is -2.81. The average molecular weight is 494 g/mol. The number of hydrogen-bond acceptors (Lipinski definition) is 7. The Morgan fingerprint density at radius 1 is 0.968 bits per heavy atom. The molecule has 1 unspecified atom stereocenters. The molecule has 1 aromatic heterocycles. The molecule has 0 N–H and O–H groups in total. The van der Waals surface area contributed by atoms with Crippen molar-refractivity contribution in [2.45, 2.75) is 46.1 Å². The van der Waals surface area contributed by atoms with E-state index in [0.29, 0.717) is 18.7 Å². The number of unbranched alkanes of at least 4 members (excludes halogenated alkanes) is 1. The van der Waals surface area contributed by atoms with Crippen molar-refractivity contribution in [3.8, 4) is 11.5 Å². The highest BCUT2D eigenvalue weighted by atomic mass is 79.9. The Morgan fingerprint density at radius 3 is 2.19 bits per heavy atom. The van der Waals surface area contributed by atoms with Gasteiger partial charge in [-0.2, -0.15) is 0 Å². The van der Waals surface area contributed by atoms with Crippen molar-refractivity contribution < 1.29 is 28.5 Å². The largest absolute Gasteiger partial charge is 0.514 e. The lowest BCUT2D eigenvalue weighted by Gasteiger charge is -2.18. The van der Waals surface area contributed by atoms with Gasteiger partial charge in [0.05, 0.1) is 24.8 Å². The molecule has 1 aromatic carbocycles. The van der Waals surface area contributed by atoms with Crippen molar-refractivity contribution in [1.82, 2.24) is 4.57 Å². The summed E-state index contributed by atoms with van der Waals surface area (Å²) in [7, 11) is 0. The normalized spacial score (nSPS) is 13.9. The van der Waals surface area contributed by atoms with Crippen molar-refractivity contribution in [2.24, 2.45) is 0 Å². The molecule has 0 spiro atoms. The Labute approximate surface area is 188 Å². The molecular formula is C22H24BrNO7. The molecule has 1 aliphatic carbocycles. The van der Waals surface area contributed by atoms with Gasteiger partial charge in [-0.25, -0.2) is 9.59 Å². The topological polar surface area (TPSA) is 93.1 Å². The highest BCUT2D eigenvalue weighted by Crippen LogP contribution is 2.51. The molecule has 0 bridgehead atoms. The number of hydrogen-bond donors (Lipinski definition) is 0. The van der Waals surface area contributed by atoms with E-state index in [2.05, 4.69) is 15.9 Å². The summed E-state index contributed by atoms with van der Waals surface area (Å²) in [6.07, 6.45) is -0.361. The van der Waals surface area contributed by atoms with Crippen LogP contribution in [0.15, 0.2) is 33.5 Å². The number of halogens is 1. The van der Waals surface area contributed by atoms with E-state index in [4.69, 9.17) is 18.9 Å². The Morgan fingerprint density at radius 2 is 1.61 bits per heavy atom. The molecule has 0 amide bonds. The highest BCUT2D eigenvalue weighted by Gasteiger charge is 2.40. The first kappa shape index (κ1) is 22.9. The summed E-state index contributed by atoms with van der Waals surface area (Å²) in [4.78, 5) is 37.2. The number of aromatic nitrogens is 1. The van der Waals surface area contributed by atoms with Crippen LogP contribution < -0.4 is 15.0 Å². The van der Waals surface area contributed by atoms with Crippen molar-refractivity contribution >= 4 is 28.2 Å². The van der Waals surface area contributed by atoms with Gasteiger partial charge in [0.25, 0.3) is 5.56 Å². The number of benzene rings is 1. The van der Waals surface area contributed by atoms with Crippen LogP contribution in [0, 0.1) is 0 Å². The second-order valence-corrected chi connectivity index (χ2v) is 7.76. The minimum Gasteiger partial charge on any atom is -0.434 e. The molecule has 2 aromatic rings. The van der Waals surface area contributed by atoms with E-state index >= 15 is 0 Å². The standard InChI is InChI=1S/C22H24BrNO7/c1-4-7-10-24-19(18-14-9-8-13(23)11-15(14)18)16(30-21(26)28-5-2)12-17(20(24)25)31-22(27)29-6-3/h8-9,11-12,18H,4-7,10H2,1-3H3. The summed E-state index contributed by atoms with van der Waals surface area (Å²) >= 11 is 3.46. The van der Waals surface area contributed by atoms with E-state index in [1.54, 1.807) is 13.8 Å². The maximum Gasteiger partial charge on any atom is 0.514 e. The Kier molecular flexibility index (Phi) is 7.37. The second kappa shape index (κ2) is 10.00. The zero-order chi connectivity index (χ0) is 22.5. The molecule has 1 aliphatic rings. The van der Waals surface area contributed by atoms with Gasteiger partial charge in [-0.15, -0.1) is 0 Å². The zero-order valence-corrected chi connectivity index (χ0v) is 19.2. The molecular weight excluding hydrogens is 470 g/mol. The van der Waals surface area contributed by atoms with Gasteiger partial charge in [0.1, 0.15) is 0 Å². The number of rotatable bonds is 8. The number of fused-ring (bicyclic) bond motifs is 1. The predicted molar refractivity (Wildman–Crippen MR) is 116 cm³/mol. The van der Waals surface area contributed by atoms with E-state index in [9.17, 15) is 14.4 Å². The quantitative estimate of drug-likeness (QED) is 0.408. The summed E-state index contributed by atoms with van der Waals surface area (Å²) < 4.78 is 22.7. The molecule has 1 atom stereocenters. The Balaban J connectivity index is 2.13. The van der Waals surface area contributed by atoms with Crippen LogP contribution in [0.3, 0.4) is 0 Å². The van der Waals surface area contributed by atoms with E-state index in [1.807, 2.05) is 25.1 Å². The third-order valence-corrected chi connectivity index (χ3v) is 5.26. The first-order chi connectivity index (χ1) is 14.9. The van der Waals surface area contributed by atoms with Crippen LogP contribution in [0.4, 0.5) is 9.59 Å². The fourth-order valence-electron chi connectivity index (χ4n) is 3.37. The van der Waals surface area contributed by atoms with Crippen LogP contribution in [0.25, 0.3) is 0 Å². The minimum atomic E-state index is -1.00. The summed E-state index contributed by atoms with van der Waals surface area (Å²) in [5.41, 5.74) is 2.08. The first-order valence-electron chi connectivity index (χ1n) is 10.2. The van der Waals surface area contributed by atoms with E-state index in [-0.39, 0.29) is 30.6 Å². The molecule has 0 saturated carbocycles. The lowest BCUT2D eigenvalue weighted by atomic mass is 10.1. The highest BCUT2D eigenvalue weighted by molar-refractivity contribution is 9.10. The van der Waals surface area contributed by atoms with Crippen LogP contribution >= 0.6 is 15.9 Å². The minimum absolute atomic E-state index is 0.0966. The van der Waals surface area contributed by atoms with Gasteiger partial charge in [-0.1, -0.05) is 35.3 Å². The van der Waals surface area contributed by atoms with E-state index in [0.717, 1.165) is 22.0 Å². The van der Waals surface area contributed by atoms with Crippen LogP contribution in [-0.2, 0) is 16.0 Å². The fraction of sp³-hybridized carbons (Fsp3) is 0.409. The van der Waals surface area contributed by atoms with Crippen LogP contribution in [0.5, 0.6) is 11.5 Å². The molecule has 0 fully saturated rings. The molecule has 0 aliphatic heterocycles. The lowest BCUT2D eigenvalue weighted by Crippen LogP contribution is -2.28. The summed E-state index contributed by atoms with van der Waals surface area (Å²) in [6, 6.07) is 7.08. The summed E-state index contributed by atoms with van der Waals surface area (Å²) in [5, 5.41) is 0. The van der Waals surface area contributed by atoms with Crippen LogP contribution in [-0.4, -0.2) is 30.1 Å². The maximum atomic E-state index is 13.2. The molecule has 1 heterocycles. The average Bonchev–Trinajstić information content (AvgIpc) is 3.41. The number of ether oxygens (including phenoxy) is 4. The van der Waals surface area contributed by atoms with Crippen molar-refractivity contribution in [2.75, 3.05) is 13.2 Å². The van der Waals surface area contributed by atoms with E-state index < -0.39 is 17.9 Å². The summed E-state index contributed by atoms with van der Waals surface area (Å²) in [6.45, 7) is 5.89.